The van der Waals surface area contributed by atoms with Crippen LogP contribution in [0, 0.1) is 0 Å². The third kappa shape index (κ3) is 1.80. The molecule has 0 aliphatic heterocycles. The van der Waals surface area contributed by atoms with Crippen LogP contribution < -0.4 is 0 Å². The smallest absolute Gasteiger partial charge is 0.320 e. The number of carbonyl (C=O) groups excluding carboxylic acids is 1. The molecule has 0 bridgehead atoms. The summed E-state index contributed by atoms with van der Waals surface area (Å²) in [5.41, 5.74) is 0. The Bertz CT molecular complexity index is 206. The average molecular weight is 188 g/mol. The Kier molecular flexibility index (Phi) is 2.77. The Hall–Kier alpha value is -0.510. The van der Waals surface area contributed by atoms with Gasteiger partial charge in [0.2, 0.25) is 0 Å². The Labute approximate surface area is 75.5 Å². The first-order chi connectivity index (χ1) is 5.57. The van der Waals surface area contributed by atoms with Gasteiger partial charge in [0.1, 0.15) is 4.75 Å². The molecular formula is C8H12O3S. The molecule has 1 saturated carbocycles. The van der Waals surface area contributed by atoms with Crippen molar-refractivity contribution in [1.82, 2.24) is 0 Å². The lowest BCUT2D eigenvalue weighted by Crippen LogP contribution is -2.32. The third-order valence-corrected chi connectivity index (χ3v) is 3.40. The number of carboxylic acid groups (broad SMARTS) is 1. The average Bonchev–Trinajstić information content (AvgIpc) is 2.35. The van der Waals surface area contributed by atoms with E-state index in [1.165, 1.54) is 6.92 Å². The lowest BCUT2D eigenvalue weighted by molar-refractivity contribution is -0.139. The van der Waals surface area contributed by atoms with Gasteiger partial charge in [-0.15, -0.1) is 0 Å². The van der Waals surface area contributed by atoms with Crippen LogP contribution in [0.25, 0.3) is 0 Å². The molecule has 0 aromatic heterocycles. The van der Waals surface area contributed by atoms with E-state index < -0.39 is 10.7 Å². The summed E-state index contributed by atoms with van der Waals surface area (Å²) in [6, 6.07) is 0. The Morgan fingerprint density at radius 1 is 1.33 bits per heavy atom. The molecular weight excluding hydrogens is 176 g/mol. The summed E-state index contributed by atoms with van der Waals surface area (Å²) in [5.74, 6) is -0.833. The van der Waals surface area contributed by atoms with Crippen molar-refractivity contribution in [2.75, 3.05) is 0 Å². The predicted octanol–water partition coefficient (Wildman–Crippen LogP) is 1.66. The van der Waals surface area contributed by atoms with Crippen molar-refractivity contribution < 1.29 is 14.7 Å². The van der Waals surface area contributed by atoms with Gasteiger partial charge in [-0.05, 0) is 12.8 Å². The van der Waals surface area contributed by atoms with Crippen LogP contribution in [0.4, 0.5) is 0 Å². The summed E-state index contributed by atoms with van der Waals surface area (Å²) in [6.07, 6.45) is 3.11. The van der Waals surface area contributed by atoms with E-state index in [1.807, 2.05) is 0 Å². The van der Waals surface area contributed by atoms with Crippen LogP contribution in [-0.4, -0.2) is 20.9 Å². The number of rotatable bonds is 2. The van der Waals surface area contributed by atoms with Gasteiger partial charge in [-0.3, -0.25) is 9.59 Å². The third-order valence-electron chi connectivity index (χ3n) is 2.14. The van der Waals surface area contributed by atoms with Gasteiger partial charge in [-0.25, -0.2) is 0 Å². The van der Waals surface area contributed by atoms with Crippen molar-refractivity contribution in [2.24, 2.45) is 0 Å². The van der Waals surface area contributed by atoms with Crippen molar-refractivity contribution in [3.63, 3.8) is 0 Å². The SMILES string of the molecule is CC(=O)SC1(C(=O)O)CCCC1. The minimum absolute atomic E-state index is 0.0979. The summed E-state index contributed by atoms with van der Waals surface area (Å²) in [6.45, 7) is 1.42. The van der Waals surface area contributed by atoms with Crippen molar-refractivity contribution in [1.29, 1.82) is 0 Å². The molecule has 1 aliphatic carbocycles. The van der Waals surface area contributed by atoms with Crippen LogP contribution in [0.5, 0.6) is 0 Å². The quantitative estimate of drug-likeness (QED) is 0.716. The second-order valence-corrected chi connectivity index (χ2v) is 4.66. The summed E-state index contributed by atoms with van der Waals surface area (Å²) >= 11 is 0.979. The number of hydrogen-bond donors (Lipinski definition) is 1. The van der Waals surface area contributed by atoms with Crippen LogP contribution in [0.15, 0.2) is 0 Å². The van der Waals surface area contributed by atoms with E-state index in [1.54, 1.807) is 0 Å². The molecule has 1 fully saturated rings. The number of hydrogen-bond acceptors (Lipinski definition) is 3. The van der Waals surface area contributed by atoms with Crippen molar-refractivity contribution in [3.05, 3.63) is 0 Å². The minimum atomic E-state index is -0.833. The van der Waals surface area contributed by atoms with E-state index in [-0.39, 0.29) is 5.12 Å². The Balaban J connectivity index is 2.72. The summed E-state index contributed by atoms with van der Waals surface area (Å²) in [5, 5.41) is 8.84. The molecule has 0 spiro atoms. The van der Waals surface area contributed by atoms with Crippen LogP contribution in [-0.2, 0) is 9.59 Å². The van der Waals surface area contributed by atoms with Gasteiger partial charge in [0.05, 0.1) is 0 Å². The maximum atomic E-state index is 10.9. The van der Waals surface area contributed by atoms with E-state index in [9.17, 15) is 9.59 Å². The van der Waals surface area contributed by atoms with Crippen molar-refractivity contribution in [3.8, 4) is 0 Å². The topological polar surface area (TPSA) is 54.4 Å². The van der Waals surface area contributed by atoms with Gasteiger partial charge in [0.25, 0.3) is 0 Å². The highest BCUT2D eigenvalue weighted by atomic mass is 32.2. The molecule has 0 atom stereocenters. The second-order valence-electron chi connectivity index (χ2n) is 3.10. The first kappa shape index (κ1) is 9.58. The minimum Gasteiger partial charge on any atom is -0.480 e. The lowest BCUT2D eigenvalue weighted by atomic mass is 10.1. The zero-order chi connectivity index (χ0) is 9.19. The van der Waals surface area contributed by atoms with Crippen LogP contribution in [0.3, 0.4) is 0 Å². The highest BCUT2D eigenvalue weighted by Crippen LogP contribution is 2.41. The molecule has 0 aromatic rings. The molecule has 1 aliphatic rings. The summed E-state index contributed by atoms with van der Waals surface area (Å²) in [4.78, 5) is 21.7. The van der Waals surface area contributed by atoms with Crippen molar-refractivity contribution >= 4 is 22.8 Å². The molecule has 0 radical (unpaired) electrons. The fourth-order valence-corrected chi connectivity index (χ4v) is 2.71. The maximum absolute atomic E-state index is 10.9. The monoisotopic (exact) mass is 188 g/mol. The first-order valence-corrected chi connectivity index (χ1v) is 4.81. The van der Waals surface area contributed by atoms with Gasteiger partial charge in [-0.1, -0.05) is 24.6 Å². The lowest BCUT2D eigenvalue weighted by Gasteiger charge is -2.20. The Morgan fingerprint density at radius 2 is 1.83 bits per heavy atom. The highest BCUT2D eigenvalue weighted by molar-refractivity contribution is 8.15. The second kappa shape index (κ2) is 3.47. The number of carbonyl (C=O) groups is 2. The molecule has 3 nitrogen and oxygen atoms in total. The zero-order valence-electron chi connectivity index (χ0n) is 7.00. The fraction of sp³-hybridized carbons (Fsp3) is 0.750. The molecule has 1 rings (SSSR count). The molecule has 68 valence electrons. The van der Waals surface area contributed by atoms with Crippen LogP contribution in [0.1, 0.15) is 32.6 Å². The molecule has 0 unspecified atom stereocenters. The standard InChI is InChI=1S/C8H12O3S/c1-6(9)12-8(7(10)11)4-2-3-5-8/h2-5H2,1H3,(H,10,11). The molecule has 0 heterocycles. The van der Waals surface area contributed by atoms with Crippen LogP contribution >= 0.6 is 11.8 Å². The van der Waals surface area contributed by atoms with Crippen LogP contribution in [0.2, 0.25) is 0 Å². The number of carboxylic acids is 1. The van der Waals surface area contributed by atoms with E-state index >= 15 is 0 Å². The maximum Gasteiger partial charge on any atom is 0.320 e. The van der Waals surface area contributed by atoms with Crippen molar-refractivity contribution in [2.45, 2.75) is 37.4 Å². The van der Waals surface area contributed by atoms with E-state index in [2.05, 4.69) is 0 Å². The molecule has 4 heteroatoms. The van der Waals surface area contributed by atoms with Gasteiger partial charge in [-0.2, -0.15) is 0 Å². The van der Waals surface area contributed by atoms with Gasteiger partial charge in [0, 0.05) is 6.92 Å². The van der Waals surface area contributed by atoms with Gasteiger partial charge >= 0.3 is 5.97 Å². The molecule has 12 heavy (non-hydrogen) atoms. The fourth-order valence-electron chi connectivity index (χ4n) is 1.58. The number of aliphatic carboxylic acids is 1. The molecule has 1 N–H and O–H groups in total. The van der Waals surface area contributed by atoms with Gasteiger partial charge in [0.15, 0.2) is 5.12 Å². The van der Waals surface area contributed by atoms with E-state index in [0.717, 1.165) is 24.6 Å². The van der Waals surface area contributed by atoms with Gasteiger partial charge < -0.3 is 5.11 Å². The number of thioether (sulfide) groups is 1. The predicted molar refractivity (Wildman–Crippen MR) is 47.1 cm³/mol. The largest absolute Gasteiger partial charge is 0.480 e. The molecule has 0 amide bonds. The first-order valence-electron chi connectivity index (χ1n) is 4.00. The zero-order valence-corrected chi connectivity index (χ0v) is 7.82. The normalized spacial score (nSPS) is 20.8. The summed E-state index contributed by atoms with van der Waals surface area (Å²) < 4.78 is -0.800. The molecule has 0 saturated heterocycles. The highest BCUT2D eigenvalue weighted by Gasteiger charge is 2.43. The van der Waals surface area contributed by atoms with E-state index in [4.69, 9.17) is 5.11 Å². The summed E-state index contributed by atoms with van der Waals surface area (Å²) in [7, 11) is 0. The van der Waals surface area contributed by atoms with E-state index in [0.29, 0.717) is 12.8 Å². The molecule has 0 aromatic carbocycles. The Morgan fingerprint density at radius 3 is 2.17 bits per heavy atom.